The number of rotatable bonds is 2. The molecule has 1 aromatic heterocycles. The molecule has 0 bridgehead atoms. The SMILES string of the molecule is O=C(O)c1ccnn(-c2ccc(Cl)cc2)c1=O. The van der Waals surface area contributed by atoms with E-state index in [1.807, 2.05) is 0 Å². The minimum absolute atomic E-state index is 0.324. The Bertz CT molecular complexity index is 619. The Labute approximate surface area is 101 Å². The molecule has 0 spiro atoms. The molecule has 17 heavy (non-hydrogen) atoms. The summed E-state index contributed by atoms with van der Waals surface area (Å²) in [7, 11) is 0. The molecule has 2 rings (SSSR count). The van der Waals surface area contributed by atoms with E-state index in [4.69, 9.17) is 16.7 Å². The predicted octanol–water partition coefficient (Wildman–Crippen LogP) is 1.58. The summed E-state index contributed by atoms with van der Waals surface area (Å²) in [5, 5.41) is 13.2. The molecule has 0 aliphatic heterocycles. The minimum atomic E-state index is -1.28. The van der Waals surface area contributed by atoms with Crippen LogP contribution in [0.4, 0.5) is 0 Å². The second kappa shape index (κ2) is 4.39. The maximum Gasteiger partial charge on any atom is 0.341 e. The van der Waals surface area contributed by atoms with Gasteiger partial charge in [0.1, 0.15) is 5.56 Å². The van der Waals surface area contributed by atoms with Crippen LogP contribution in [0.15, 0.2) is 41.3 Å². The van der Waals surface area contributed by atoms with Gasteiger partial charge < -0.3 is 5.11 Å². The summed E-state index contributed by atoms with van der Waals surface area (Å²) in [5.41, 5.74) is -0.542. The summed E-state index contributed by atoms with van der Waals surface area (Å²) in [6.07, 6.45) is 1.26. The molecule has 5 nitrogen and oxygen atoms in total. The van der Waals surface area contributed by atoms with Gasteiger partial charge in [0, 0.05) is 11.2 Å². The first-order chi connectivity index (χ1) is 8.09. The van der Waals surface area contributed by atoms with Crippen LogP contribution >= 0.6 is 11.6 Å². The topological polar surface area (TPSA) is 72.2 Å². The third-order valence-corrected chi connectivity index (χ3v) is 2.40. The Morgan fingerprint density at radius 3 is 2.47 bits per heavy atom. The van der Waals surface area contributed by atoms with E-state index < -0.39 is 11.5 Å². The number of hydrogen-bond donors (Lipinski definition) is 1. The quantitative estimate of drug-likeness (QED) is 0.878. The van der Waals surface area contributed by atoms with E-state index >= 15 is 0 Å². The third kappa shape index (κ3) is 2.19. The molecule has 0 radical (unpaired) electrons. The van der Waals surface area contributed by atoms with Gasteiger partial charge in [-0.1, -0.05) is 11.6 Å². The molecule has 0 saturated carbocycles. The van der Waals surface area contributed by atoms with Gasteiger partial charge in [-0.05, 0) is 30.3 Å². The van der Waals surface area contributed by atoms with Crippen LogP contribution < -0.4 is 5.56 Å². The number of carboxylic acids is 1. The van der Waals surface area contributed by atoms with Gasteiger partial charge in [-0.25, -0.2) is 4.79 Å². The molecule has 0 aliphatic carbocycles. The number of carbonyl (C=O) groups is 1. The van der Waals surface area contributed by atoms with Crippen LogP contribution in [-0.2, 0) is 0 Å². The van der Waals surface area contributed by atoms with Crippen molar-refractivity contribution in [2.75, 3.05) is 0 Å². The fourth-order valence-corrected chi connectivity index (χ4v) is 1.47. The van der Waals surface area contributed by atoms with Crippen LogP contribution in [0, 0.1) is 0 Å². The Morgan fingerprint density at radius 2 is 1.88 bits per heavy atom. The standard InChI is InChI=1S/C11H7ClN2O3/c12-7-1-3-8(4-2-7)14-10(15)9(11(16)17)5-6-13-14/h1-6H,(H,16,17). The Morgan fingerprint density at radius 1 is 1.24 bits per heavy atom. The van der Waals surface area contributed by atoms with E-state index in [1.165, 1.54) is 6.20 Å². The van der Waals surface area contributed by atoms with Gasteiger partial charge >= 0.3 is 5.97 Å². The van der Waals surface area contributed by atoms with Crippen LogP contribution in [0.2, 0.25) is 5.02 Å². The van der Waals surface area contributed by atoms with E-state index in [1.54, 1.807) is 24.3 Å². The molecule has 0 fully saturated rings. The van der Waals surface area contributed by atoms with Crippen molar-refractivity contribution in [1.29, 1.82) is 0 Å². The fourth-order valence-electron chi connectivity index (χ4n) is 1.34. The molecule has 0 unspecified atom stereocenters. The molecule has 86 valence electrons. The molecule has 1 aromatic carbocycles. The second-order valence-electron chi connectivity index (χ2n) is 3.24. The Balaban J connectivity index is 2.61. The Hall–Kier alpha value is -2.14. The zero-order valence-electron chi connectivity index (χ0n) is 8.50. The van der Waals surface area contributed by atoms with Gasteiger partial charge in [-0.2, -0.15) is 9.78 Å². The normalized spacial score (nSPS) is 10.2. The molecule has 6 heteroatoms. The monoisotopic (exact) mass is 250 g/mol. The maximum absolute atomic E-state index is 11.8. The van der Waals surface area contributed by atoms with E-state index in [2.05, 4.69) is 5.10 Å². The molecular weight excluding hydrogens is 244 g/mol. The maximum atomic E-state index is 11.8. The number of halogens is 1. The summed E-state index contributed by atoms with van der Waals surface area (Å²) in [4.78, 5) is 22.6. The lowest BCUT2D eigenvalue weighted by molar-refractivity contribution is 0.0694. The van der Waals surface area contributed by atoms with E-state index in [-0.39, 0.29) is 5.56 Å². The summed E-state index contributed by atoms with van der Waals surface area (Å²) in [5.74, 6) is -1.28. The van der Waals surface area contributed by atoms with Gasteiger partial charge in [-0.3, -0.25) is 4.79 Å². The smallest absolute Gasteiger partial charge is 0.341 e. The summed E-state index contributed by atoms with van der Waals surface area (Å²) < 4.78 is 1.01. The van der Waals surface area contributed by atoms with Crippen molar-refractivity contribution >= 4 is 17.6 Å². The summed E-state index contributed by atoms with van der Waals surface area (Å²) in [6.45, 7) is 0. The molecule has 0 aliphatic rings. The largest absolute Gasteiger partial charge is 0.477 e. The number of benzene rings is 1. The highest BCUT2D eigenvalue weighted by atomic mass is 35.5. The summed E-state index contributed by atoms with van der Waals surface area (Å²) >= 11 is 5.72. The van der Waals surface area contributed by atoms with Gasteiger partial charge in [0.2, 0.25) is 0 Å². The number of hydrogen-bond acceptors (Lipinski definition) is 3. The van der Waals surface area contributed by atoms with Crippen molar-refractivity contribution in [2.45, 2.75) is 0 Å². The minimum Gasteiger partial charge on any atom is -0.477 e. The van der Waals surface area contributed by atoms with E-state index in [0.717, 1.165) is 10.7 Å². The highest BCUT2D eigenvalue weighted by molar-refractivity contribution is 6.30. The molecule has 0 atom stereocenters. The average molecular weight is 251 g/mol. The molecule has 0 saturated heterocycles. The lowest BCUT2D eigenvalue weighted by atomic mass is 10.3. The van der Waals surface area contributed by atoms with E-state index in [9.17, 15) is 9.59 Å². The fraction of sp³-hybridized carbons (Fsp3) is 0. The van der Waals surface area contributed by atoms with Gasteiger partial charge in [-0.15, -0.1) is 0 Å². The van der Waals surface area contributed by atoms with Gasteiger partial charge in [0.15, 0.2) is 0 Å². The lowest BCUT2D eigenvalue weighted by Gasteiger charge is -2.04. The number of nitrogens with zero attached hydrogens (tertiary/aromatic N) is 2. The molecule has 1 N–H and O–H groups in total. The average Bonchev–Trinajstić information content (AvgIpc) is 2.30. The Kier molecular flexibility index (Phi) is 2.93. The van der Waals surface area contributed by atoms with Crippen molar-refractivity contribution < 1.29 is 9.90 Å². The van der Waals surface area contributed by atoms with Crippen molar-refractivity contribution in [3.63, 3.8) is 0 Å². The first kappa shape index (κ1) is 11.3. The number of aromatic carboxylic acids is 1. The van der Waals surface area contributed by atoms with Crippen molar-refractivity contribution in [3.05, 3.63) is 57.5 Å². The van der Waals surface area contributed by atoms with Crippen molar-refractivity contribution in [3.8, 4) is 5.69 Å². The second-order valence-corrected chi connectivity index (χ2v) is 3.68. The third-order valence-electron chi connectivity index (χ3n) is 2.15. The zero-order valence-corrected chi connectivity index (χ0v) is 9.26. The number of aromatic nitrogens is 2. The van der Waals surface area contributed by atoms with Crippen molar-refractivity contribution in [1.82, 2.24) is 9.78 Å². The number of carboxylic acid groups (broad SMARTS) is 1. The van der Waals surface area contributed by atoms with Crippen molar-refractivity contribution in [2.24, 2.45) is 0 Å². The van der Waals surface area contributed by atoms with Crippen LogP contribution in [0.3, 0.4) is 0 Å². The molecule has 0 amide bonds. The van der Waals surface area contributed by atoms with Gasteiger partial charge in [0.25, 0.3) is 5.56 Å². The lowest BCUT2D eigenvalue weighted by Crippen LogP contribution is -2.26. The summed E-state index contributed by atoms with van der Waals surface area (Å²) in [6, 6.07) is 7.53. The molecule has 1 heterocycles. The van der Waals surface area contributed by atoms with Gasteiger partial charge in [0.05, 0.1) is 5.69 Å². The zero-order chi connectivity index (χ0) is 12.4. The van der Waals surface area contributed by atoms with Crippen LogP contribution in [0.5, 0.6) is 0 Å². The van der Waals surface area contributed by atoms with Crippen LogP contribution in [-0.4, -0.2) is 20.9 Å². The van der Waals surface area contributed by atoms with Crippen LogP contribution in [0.25, 0.3) is 5.69 Å². The molecular formula is C11H7ClN2O3. The first-order valence-corrected chi connectivity index (χ1v) is 5.05. The predicted molar refractivity (Wildman–Crippen MR) is 61.8 cm³/mol. The molecule has 2 aromatic rings. The van der Waals surface area contributed by atoms with E-state index in [0.29, 0.717) is 10.7 Å². The first-order valence-electron chi connectivity index (χ1n) is 4.67. The highest BCUT2D eigenvalue weighted by Crippen LogP contribution is 2.11. The van der Waals surface area contributed by atoms with Crippen LogP contribution in [0.1, 0.15) is 10.4 Å². The highest BCUT2D eigenvalue weighted by Gasteiger charge is 2.11.